The molecule has 2 aromatic rings. The van der Waals surface area contributed by atoms with E-state index >= 15 is 0 Å². The third-order valence-electron chi connectivity index (χ3n) is 4.33. The Morgan fingerprint density at radius 1 is 0.952 bits per heavy atom. The highest BCUT2D eigenvalue weighted by atomic mass is 15.2. The fraction of sp³-hybridized carbons (Fsp3) is 0.158. The second-order valence-electron chi connectivity index (χ2n) is 5.61. The van der Waals surface area contributed by atoms with Gasteiger partial charge in [-0.15, -0.1) is 0 Å². The fourth-order valence-corrected chi connectivity index (χ4v) is 3.35. The van der Waals surface area contributed by atoms with E-state index in [1.165, 1.54) is 22.4 Å². The van der Waals surface area contributed by atoms with Gasteiger partial charge in [-0.2, -0.15) is 0 Å². The highest BCUT2D eigenvalue weighted by molar-refractivity contribution is 5.93. The summed E-state index contributed by atoms with van der Waals surface area (Å²) in [6, 6.07) is 16.8. The Morgan fingerprint density at radius 3 is 2.67 bits per heavy atom. The molecule has 0 radical (unpaired) electrons. The van der Waals surface area contributed by atoms with Crippen molar-refractivity contribution in [3.05, 3.63) is 71.8 Å². The fourth-order valence-electron chi connectivity index (χ4n) is 3.35. The van der Waals surface area contributed by atoms with Crippen molar-refractivity contribution in [3.8, 4) is 0 Å². The van der Waals surface area contributed by atoms with E-state index in [0.29, 0.717) is 0 Å². The molecule has 0 amide bonds. The molecule has 1 aliphatic carbocycles. The second kappa shape index (κ2) is 4.81. The minimum atomic E-state index is 0.859. The van der Waals surface area contributed by atoms with Crippen LogP contribution in [0, 0.1) is 0 Å². The molecule has 0 saturated heterocycles. The highest BCUT2D eigenvalue weighted by Gasteiger charge is 2.26. The summed E-state index contributed by atoms with van der Waals surface area (Å²) in [6.45, 7) is 0.900. The summed E-state index contributed by atoms with van der Waals surface area (Å²) >= 11 is 0. The van der Waals surface area contributed by atoms with Gasteiger partial charge in [-0.25, -0.2) is 0 Å². The molecule has 1 heterocycles. The van der Waals surface area contributed by atoms with Gasteiger partial charge in [0, 0.05) is 17.8 Å². The van der Waals surface area contributed by atoms with Crippen LogP contribution >= 0.6 is 0 Å². The van der Waals surface area contributed by atoms with Crippen molar-refractivity contribution < 1.29 is 0 Å². The Labute approximate surface area is 125 Å². The molecule has 0 spiro atoms. The van der Waals surface area contributed by atoms with E-state index in [1.54, 1.807) is 0 Å². The quantitative estimate of drug-likeness (QED) is 0.774. The van der Waals surface area contributed by atoms with Crippen LogP contribution in [-0.4, -0.2) is 6.54 Å². The molecule has 2 N–H and O–H groups in total. The summed E-state index contributed by atoms with van der Waals surface area (Å²) in [4.78, 5) is 2.33. The van der Waals surface area contributed by atoms with E-state index in [4.69, 9.17) is 5.73 Å². The molecule has 0 atom stereocenters. The summed E-state index contributed by atoms with van der Waals surface area (Å²) in [5.41, 5.74) is 13.7. The molecule has 0 fully saturated rings. The molecule has 0 aromatic heterocycles. The number of para-hydroxylation sites is 2. The maximum Gasteiger partial charge on any atom is 0.0724 e. The molecule has 2 heteroatoms. The number of hydrogen-bond acceptors (Lipinski definition) is 2. The first-order valence-corrected chi connectivity index (χ1v) is 7.44. The summed E-state index contributed by atoms with van der Waals surface area (Å²) < 4.78 is 0. The SMILES string of the molecule is Nc1cccc2c1N(c1ccccc1)CC1=C2CCC=C1. The normalized spacial score (nSPS) is 16.7. The van der Waals surface area contributed by atoms with Gasteiger partial charge in [0.1, 0.15) is 0 Å². The van der Waals surface area contributed by atoms with E-state index in [9.17, 15) is 0 Å². The van der Waals surface area contributed by atoms with E-state index in [-0.39, 0.29) is 0 Å². The van der Waals surface area contributed by atoms with Crippen molar-refractivity contribution >= 4 is 22.6 Å². The van der Waals surface area contributed by atoms with Gasteiger partial charge >= 0.3 is 0 Å². The van der Waals surface area contributed by atoms with Crippen LogP contribution in [0.25, 0.3) is 5.57 Å². The number of nitrogens with two attached hydrogens (primary N) is 1. The Hall–Kier alpha value is -2.48. The minimum Gasteiger partial charge on any atom is -0.397 e. The number of fused-ring (bicyclic) bond motifs is 2. The smallest absolute Gasteiger partial charge is 0.0724 e. The van der Waals surface area contributed by atoms with Crippen LogP contribution in [0.4, 0.5) is 17.1 Å². The monoisotopic (exact) mass is 274 g/mol. The van der Waals surface area contributed by atoms with Crippen LogP contribution < -0.4 is 10.6 Å². The molecule has 1 aliphatic heterocycles. The summed E-state index contributed by atoms with van der Waals surface area (Å²) in [6.07, 6.45) is 6.80. The maximum absolute atomic E-state index is 6.31. The van der Waals surface area contributed by atoms with E-state index < -0.39 is 0 Å². The van der Waals surface area contributed by atoms with Gasteiger partial charge in [-0.05, 0) is 42.2 Å². The van der Waals surface area contributed by atoms with E-state index in [0.717, 1.165) is 30.8 Å². The maximum atomic E-state index is 6.31. The average molecular weight is 274 g/mol. The molecule has 4 rings (SSSR count). The first kappa shape index (κ1) is 12.3. The van der Waals surface area contributed by atoms with Crippen LogP contribution in [0.5, 0.6) is 0 Å². The number of allylic oxidation sites excluding steroid dienone is 2. The zero-order valence-corrected chi connectivity index (χ0v) is 11.9. The lowest BCUT2D eigenvalue weighted by Gasteiger charge is -2.35. The largest absolute Gasteiger partial charge is 0.397 e. The number of nitrogens with zero attached hydrogens (tertiary/aromatic N) is 1. The second-order valence-corrected chi connectivity index (χ2v) is 5.61. The minimum absolute atomic E-state index is 0.859. The molecular weight excluding hydrogens is 256 g/mol. The van der Waals surface area contributed by atoms with Crippen molar-refractivity contribution in [1.29, 1.82) is 0 Å². The molecular formula is C19H18N2. The van der Waals surface area contributed by atoms with Crippen molar-refractivity contribution in [2.45, 2.75) is 12.8 Å². The van der Waals surface area contributed by atoms with Crippen molar-refractivity contribution in [2.75, 3.05) is 17.2 Å². The van der Waals surface area contributed by atoms with Gasteiger partial charge in [0.2, 0.25) is 0 Å². The third kappa shape index (κ3) is 1.95. The Balaban J connectivity index is 1.93. The van der Waals surface area contributed by atoms with Crippen LogP contribution in [0.15, 0.2) is 66.3 Å². The summed E-state index contributed by atoms with van der Waals surface area (Å²) in [5.74, 6) is 0. The number of benzene rings is 2. The molecule has 0 unspecified atom stereocenters. The van der Waals surface area contributed by atoms with Crippen molar-refractivity contribution in [3.63, 3.8) is 0 Å². The molecule has 0 saturated carbocycles. The third-order valence-corrected chi connectivity index (χ3v) is 4.33. The zero-order valence-electron chi connectivity index (χ0n) is 11.9. The number of hydrogen-bond donors (Lipinski definition) is 1. The molecule has 0 bridgehead atoms. The van der Waals surface area contributed by atoms with Crippen molar-refractivity contribution in [1.82, 2.24) is 0 Å². The lowest BCUT2D eigenvalue weighted by Crippen LogP contribution is -2.26. The van der Waals surface area contributed by atoms with Gasteiger partial charge in [-0.1, -0.05) is 42.5 Å². The number of nitrogen functional groups attached to an aromatic ring is 1. The average Bonchev–Trinajstić information content (AvgIpc) is 2.55. The lowest BCUT2D eigenvalue weighted by atomic mass is 9.86. The molecule has 2 aliphatic rings. The van der Waals surface area contributed by atoms with Crippen LogP contribution in [-0.2, 0) is 0 Å². The summed E-state index contributed by atoms with van der Waals surface area (Å²) in [7, 11) is 0. The predicted molar refractivity (Wildman–Crippen MR) is 89.6 cm³/mol. The molecule has 2 nitrogen and oxygen atoms in total. The first-order chi connectivity index (χ1) is 10.3. The topological polar surface area (TPSA) is 29.3 Å². The number of anilines is 3. The predicted octanol–water partition coefficient (Wildman–Crippen LogP) is 4.52. The highest BCUT2D eigenvalue weighted by Crippen LogP contribution is 2.45. The van der Waals surface area contributed by atoms with Gasteiger partial charge < -0.3 is 10.6 Å². The van der Waals surface area contributed by atoms with Crippen LogP contribution in [0.3, 0.4) is 0 Å². The van der Waals surface area contributed by atoms with Gasteiger partial charge in [0.15, 0.2) is 0 Å². The zero-order chi connectivity index (χ0) is 14.2. The lowest BCUT2D eigenvalue weighted by molar-refractivity contribution is 0.965. The van der Waals surface area contributed by atoms with Gasteiger partial charge in [-0.3, -0.25) is 0 Å². The number of rotatable bonds is 1. The Morgan fingerprint density at radius 2 is 1.81 bits per heavy atom. The van der Waals surface area contributed by atoms with Crippen LogP contribution in [0.1, 0.15) is 18.4 Å². The van der Waals surface area contributed by atoms with Crippen LogP contribution in [0.2, 0.25) is 0 Å². The standard InChI is InChI=1S/C19H18N2/c20-18-12-6-11-17-16-10-5-4-7-14(16)13-21(19(17)18)15-8-2-1-3-9-15/h1-4,6-9,11-12H,5,10,13,20H2. The summed E-state index contributed by atoms with van der Waals surface area (Å²) in [5, 5.41) is 0. The Bertz CT molecular complexity index is 741. The first-order valence-electron chi connectivity index (χ1n) is 7.44. The van der Waals surface area contributed by atoms with Gasteiger partial charge in [0.05, 0.1) is 11.4 Å². The van der Waals surface area contributed by atoms with E-state index in [2.05, 4.69) is 53.5 Å². The Kier molecular flexibility index (Phi) is 2.81. The van der Waals surface area contributed by atoms with Crippen molar-refractivity contribution in [2.24, 2.45) is 0 Å². The molecule has 104 valence electrons. The molecule has 2 aromatic carbocycles. The van der Waals surface area contributed by atoms with Gasteiger partial charge in [0.25, 0.3) is 0 Å². The van der Waals surface area contributed by atoms with E-state index in [1.807, 2.05) is 12.1 Å². The molecule has 21 heavy (non-hydrogen) atoms.